The molecule has 1 aliphatic heterocycles. The molecular formula is C9H11FN2O6. The topological polar surface area (TPSA) is 125 Å². The highest BCUT2D eigenvalue weighted by Crippen LogP contribution is 2.27. The van der Waals surface area contributed by atoms with Crippen LogP contribution in [0.25, 0.3) is 0 Å². The Hall–Kier alpha value is -1.55. The predicted octanol–water partition coefficient (Wildman–Crippen LogP) is -2.71. The van der Waals surface area contributed by atoms with Crippen LogP contribution in [0.5, 0.6) is 0 Å². The molecule has 4 atom stereocenters. The smallest absolute Gasteiger partial charge is 0.330 e. The molecule has 1 fully saturated rings. The predicted molar refractivity (Wildman–Crippen MR) is 54.3 cm³/mol. The zero-order valence-electron chi connectivity index (χ0n) is 8.99. The third-order valence-corrected chi connectivity index (χ3v) is 2.74. The van der Waals surface area contributed by atoms with Crippen LogP contribution in [-0.2, 0) is 4.74 Å². The first-order valence-electron chi connectivity index (χ1n) is 5.09. The van der Waals surface area contributed by atoms with Crippen LogP contribution in [0.15, 0.2) is 15.8 Å². The first-order valence-corrected chi connectivity index (χ1v) is 5.09. The number of halogens is 1. The molecule has 1 saturated heterocycles. The van der Waals surface area contributed by atoms with Crippen LogP contribution in [0.1, 0.15) is 6.23 Å². The average molecular weight is 262 g/mol. The van der Waals surface area contributed by atoms with Gasteiger partial charge < -0.3 is 25.0 Å². The van der Waals surface area contributed by atoms with Crippen LogP contribution in [0.3, 0.4) is 0 Å². The maximum absolute atomic E-state index is 13.1. The number of rotatable bonds is 2. The summed E-state index contributed by atoms with van der Waals surface area (Å²) >= 11 is 0. The second-order valence-electron chi connectivity index (χ2n) is 3.85. The number of aliphatic hydroxyl groups excluding tert-OH is 3. The number of aromatic nitrogens is 2. The zero-order chi connectivity index (χ0) is 13.4. The van der Waals surface area contributed by atoms with Crippen molar-refractivity contribution in [1.82, 2.24) is 9.55 Å². The third kappa shape index (κ3) is 1.86. The number of hydrogen-bond acceptors (Lipinski definition) is 6. The maximum atomic E-state index is 13.1. The third-order valence-electron chi connectivity index (χ3n) is 2.74. The standard InChI is InChI=1S/C9H11FN2O6/c10-3-1-11-9(17)12(7(3)16)8-6(15)5(14)4(2-13)18-8/h1,4-6,8,13-15H,2H2,(H,11,17)/t4-,5+,6-,8-/m0/s1. The molecule has 0 bridgehead atoms. The first-order chi connectivity index (χ1) is 8.47. The van der Waals surface area contributed by atoms with Crippen LogP contribution in [0.2, 0.25) is 0 Å². The van der Waals surface area contributed by atoms with Crippen molar-refractivity contribution < 1.29 is 24.4 Å². The fraction of sp³-hybridized carbons (Fsp3) is 0.556. The van der Waals surface area contributed by atoms with E-state index in [0.29, 0.717) is 10.8 Å². The van der Waals surface area contributed by atoms with Gasteiger partial charge in [-0.2, -0.15) is 4.39 Å². The molecule has 0 aliphatic carbocycles. The number of aliphatic hydroxyl groups is 3. The Balaban J connectivity index is 2.48. The van der Waals surface area contributed by atoms with E-state index in [4.69, 9.17) is 9.84 Å². The Bertz CT molecular complexity index is 555. The highest BCUT2D eigenvalue weighted by molar-refractivity contribution is 4.94. The van der Waals surface area contributed by atoms with Gasteiger partial charge in [0.25, 0.3) is 5.56 Å². The lowest BCUT2D eigenvalue weighted by Gasteiger charge is -2.15. The summed E-state index contributed by atoms with van der Waals surface area (Å²) in [6.07, 6.45) is -5.22. The van der Waals surface area contributed by atoms with Crippen LogP contribution < -0.4 is 11.2 Å². The minimum Gasteiger partial charge on any atom is -0.394 e. The van der Waals surface area contributed by atoms with Gasteiger partial charge in [-0.05, 0) is 0 Å². The molecule has 2 rings (SSSR count). The average Bonchev–Trinajstić information content (AvgIpc) is 2.62. The van der Waals surface area contributed by atoms with Gasteiger partial charge in [-0.1, -0.05) is 0 Å². The van der Waals surface area contributed by atoms with Gasteiger partial charge in [0.2, 0.25) is 5.82 Å². The van der Waals surface area contributed by atoms with E-state index < -0.39 is 48.2 Å². The Morgan fingerprint density at radius 3 is 2.61 bits per heavy atom. The van der Waals surface area contributed by atoms with Gasteiger partial charge >= 0.3 is 5.69 Å². The number of hydrogen-bond donors (Lipinski definition) is 4. The van der Waals surface area contributed by atoms with Gasteiger partial charge in [0.05, 0.1) is 6.61 Å². The largest absolute Gasteiger partial charge is 0.394 e. The molecule has 0 unspecified atom stereocenters. The van der Waals surface area contributed by atoms with E-state index in [0.717, 1.165) is 0 Å². The maximum Gasteiger partial charge on any atom is 0.330 e. The summed E-state index contributed by atoms with van der Waals surface area (Å²) in [5.74, 6) is -1.23. The van der Waals surface area contributed by atoms with Crippen molar-refractivity contribution in [2.24, 2.45) is 0 Å². The van der Waals surface area contributed by atoms with Crippen LogP contribution in [-0.4, -0.2) is 49.8 Å². The number of aromatic amines is 1. The molecule has 8 nitrogen and oxygen atoms in total. The van der Waals surface area contributed by atoms with E-state index in [2.05, 4.69) is 0 Å². The van der Waals surface area contributed by atoms with Crippen molar-refractivity contribution in [3.63, 3.8) is 0 Å². The summed E-state index contributed by atoms with van der Waals surface area (Å²) in [5, 5.41) is 28.0. The molecule has 2 heterocycles. The number of nitrogens with one attached hydrogen (secondary N) is 1. The fourth-order valence-corrected chi connectivity index (χ4v) is 1.79. The molecule has 0 spiro atoms. The van der Waals surface area contributed by atoms with Crippen molar-refractivity contribution in [1.29, 1.82) is 0 Å². The minimum absolute atomic E-state index is 0.318. The fourth-order valence-electron chi connectivity index (χ4n) is 1.79. The van der Waals surface area contributed by atoms with E-state index in [1.165, 1.54) is 0 Å². The molecule has 4 N–H and O–H groups in total. The molecule has 0 radical (unpaired) electrons. The minimum atomic E-state index is -1.62. The molecule has 1 aromatic heterocycles. The van der Waals surface area contributed by atoms with Gasteiger partial charge in [0.15, 0.2) is 6.23 Å². The Kier molecular flexibility index (Phi) is 3.30. The highest BCUT2D eigenvalue weighted by atomic mass is 19.1. The normalized spacial score (nSPS) is 31.8. The quantitative estimate of drug-likeness (QED) is 0.459. The van der Waals surface area contributed by atoms with Crippen molar-refractivity contribution in [2.45, 2.75) is 24.5 Å². The molecular weight excluding hydrogens is 251 g/mol. The summed E-state index contributed by atoms with van der Waals surface area (Å²) in [6.45, 7) is -0.614. The number of H-pyrrole nitrogens is 1. The number of nitrogens with zero attached hydrogens (tertiary/aromatic N) is 1. The number of ether oxygens (including phenoxy) is 1. The lowest BCUT2D eigenvalue weighted by molar-refractivity contribution is -0.0569. The molecule has 1 aromatic rings. The van der Waals surface area contributed by atoms with E-state index in [1.54, 1.807) is 0 Å². The SMILES string of the molecule is O=c1[nH]cc(F)c(=O)n1[C@H]1O[C@@H](CO)[C@@H](O)[C@@H]1O. The van der Waals surface area contributed by atoms with Gasteiger partial charge in [-0.3, -0.25) is 4.79 Å². The lowest BCUT2D eigenvalue weighted by atomic mass is 10.1. The molecule has 100 valence electrons. The van der Waals surface area contributed by atoms with Gasteiger partial charge in [-0.25, -0.2) is 9.36 Å². The molecule has 0 aromatic carbocycles. The zero-order valence-corrected chi connectivity index (χ0v) is 8.99. The Morgan fingerprint density at radius 2 is 2.06 bits per heavy atom. The molecule has 0 amide bonds. The summed E-state index contributed by atoms with van der Waals surface area (Å²) in [6, 6.07) is 0. The Morgan fingerprint density at radius 1 is 1.39 bits per heavy atom. The summed E-state index contributed by atoms with van der Waals surface area (Å²) in [7, 11) is 0. The van der Waals surface area contributed by atoms with Gasteiger partial charge in [0.1, 0.15) is 18.3 Å². The molecule has 1 aliphatic rings. The van der Waals surface area contributed by atoms with Crippen molar-refractivity contribution in [2.75, 3.05) is 6.61 Å². The van der Waals surface area contributed by atoms with Gasteiger partial charge in [0, 0.05) is 6.20 Å². The monoisotopic (exact) mass is 262 g/mol. The van der Waals surface area contributed by atoms with Crippen LogP contribution >= 0.6 is 0 Å². The van der Waals surface area contributed by atoms with Crippen molar-refractivity contribution in [3.05, 3.63) is 32.9 Å². The summed E-state index contributed by atoms with van der Waals surface area (Å²) in [5.41, 5.74) is -2.27. The second-order valence-corrected chi connectivity index (χ2v) is 3.85. The molecule has 9 heteroatoms. The van der Waals surface area contributed by atoms with Gasteiger partial charge in [-0.15, -0.1) is 0 Å². The first kappa shape index (κ1) is 12.9. The van der Waals surface area contributed by atoms with E-state index in [9.17, 15) is 24.2 Å². The van der Waals surface area contributed by atoms with E-state index >= 15 is 0 Å². The van der Waals surface area contributed by atoms with Crippen LogP contribution in [0.4, 0.5) is 4.39 Å². The van der Waals surface area contributed by atoms with E-state index in [1.807, 2.05) is 4.98 Å². The summed E-state index contributed by atoms with van der Waals surface area (Å²) < 4.78 is 18.3. The Labute approximate surface area is 98.9 Å². The van der Waals surface area contributed by atoms with E-state index in [-0.39, 0.29) is 0 Å². The van der Waals surface area contributed by atoms with Crippen LogP contribution in [0, 0.1) is 5.82 Å². The highest BCUT2D eigenvalue weighted by Gasteiger charge is 2.44. The summed E-state index contributed by atoms with van der Waals surface area (Å²) in [4.78, 5) is 24.8. The van der Waals surface area contributed by atoms with Crippen molar-refractivity contribution >= 4 is 0 Å². The van der Waals surface area contributed by atoms with Crippen molar-refractivity contribution in [3.8, 4) is 0 Å². The lowest BCUT2D eigenvalue weighted by Crippen LogP contribution is -2.43. The molecule has 0 saturated carbocycles. The molecule has 18 heavy (non-hydrogen) atoms. The second kappa shape index (κ2) is 4.61.